The number of likely N-dealkylation sites (N-methyl/N-ethyl adjacent to an activating group) is 1. The van der Waals surface area contributed by atoms with Crippen molar-refractivity contribution in [3.63, 3.8) is 0 Å². The molecular formula is C14H24N4O2. The van der Waals surface area contributed by atoms with E-state index in [1.165, 1.54) is 12.8 Å². The number of rotatable bonds is 6. The second kappa shape index (κ2) is 7.28. The van der Waals surface area contributed by atoms with E-state index in [2.05, 4.69) is 27.1 Å². The number of ether oxygens (including phenoxy) is 2. The molecule has 1 N–H and O–H groups in total. The molecule has 0 radical (unpaired) electrons. The topological polar surface area (TPSA) is 59.5 Å². The van der Waals surface area contributed by atoms with Crippen LogP contribution in [0.2, 0.25) is 0 Å². The molecule has 1 unspecified atom stereocenters. The molecule has 112 valence electrons. The van der Waals surface area contributed by atoms with Crippen LogP contribution in [0.4, 0.5) is 5.95 Å². The van der Waals surface area contributed by atoms with Gasteiger partial charge in [0.15, 0.2) is 0 Å². The molecular weight excluding hydrogens is 256 g/mol. The fourth-order valence-electron chi connectivity index (χ4n) is 2.52. The number of aromatic nitrogens is 2. The summed E-state index contributed by atoms with van der Waals surface area (Å²) in [6.07, 6.45) is 3.59. The third-order valence-electron chi connectivity index (χ3n) is 3.60. The number of methoxy groups -OCH3 is 2. The largest absolute Gasteiger partial charge is 0.481 e. The zero-order valence-electron chi connectivity index (χ0n) is 12.6. The lowest BCUT2D eigenvalue weighted by molar-refractivity contribution is 0.366. The highest BCUT2D eigenvalue weighted by molar-refractivity contribution is 5.38. The second-order valence-electron chi connectivity index (χ2n) is 4.90. The first-order valence-electron chi connectivity index (χ1n) is 7.23. The summed E-state index contributed by atoms with van der Waals surface area (Å²) >= 11 is 0. The number of anilines is 1. The highest BCUT2D eigenvalue weighted by Gasteiger charge is 2.25. The SMILES string of the molecule is CCNCC1CCCCN1c1nc(OC)cc(OC)n1. The van der Waals surface area contributed by atoms with Crippen LogP contribution >= 0.6 is 0 Å². The molecule has 1 aliphatic rings. The minimum absolute atomic E-state index is 0.431. The van der Waals surface area contributed by atoms with Crippen LogP contribution in [0.15, 0.2) is 6.07 Å². The van der Waals surface area contributed by atoms with Crippen molar-refractivity contribution in [2.75, 3.05) is 38.8 Å². The van der Waals surface area contributed by atoms with Crippen molar-refractivity contribution in [3.8, 4) is 11.8 Å². The van der Waals surface area contributed by atoms with Gasteiger partial charge in [-0.05, 0) is 25.8 Å². The number of nitrogens with one attached hydrogen (secondary N) is 1. The predicted octanol–water partition coefficient (Wildman–Crippen LogP) is 1.46. The summed E-state index contributed by atoms with van der Waals surface area (Å²) in [5.41, 5.74) is 0. The second-order valence-corrected chi connectivity index (χ2v) is 4.90. The van der Waals surface area contributed by atoms with Crippen molar-refractivity contribution in [1.82, 2.24) is 15.3 Å². The van der Waals surface area contributed by atoms with Gasteiger partial charge in [0.2, 0.25) is 17.7 Å². The van der Waals surface area contributed by atoms with Gasteiger partial charge in [-0.1, -0.05) is 6.92 Å². The summed E-state index contributed by atoms with van der Waals surface area (Å²) in [4.78, 5) is 11.2. The Kier molecular flexibility index (Phi) is 5.40. The van der Waals surface area contributed by atoms with E-state index in [-0.39, 0.29) is 0 Å². The molecule has 1 aliphatic heterocycles. The van der Waals surface area contributed by atoms with E-state index in [0.717, 1.165) is 26.1 Å². The van der Waals surface area contributed by atoms with E-state index in [9.17, 15) is 0 Å². The van der Waals surface area contributed by atoms with Gasteiger partial charge in [0.1, 0.15) is 0 Å². The van der Waals surface area contributed by atoms with Crippen LogP contribution in [0.25, 0.3) is 0 Å². The Morgan fingerprint density at radius 3 is 2.55 bits per heavy atom. The Balaban J connectivity index is 2.21. The molecule has 0 saturated carbocycles. The van der Waals surface area contributed by atoms with Gasteiger partial charge in [-0.2, -0.15) is 9.97 Å². The lowest BCUT2D eigenvalue weighted by Gasteiger charge is -2.36. The Morgan fingerprint density at radius 1 is 1.25 bits per heavy atom. The number of piperidine rings is 1. The zero-order valence-corrected chi connectivity index (χ0v) is 12.6. The molecule has 6 nitrogen and oxygen atoms in total. The molecule has 2 heterocycles. The van der Waals surface area contributed by atoms with Gasteiger partial charge >= 0.3 is 0 Å². The number of nitrogens with zero attached hydrogens (tertiary/aromatic N) is 3. The smallest absolute Gasteiger partial charge is 0.232 e. The molecule has 0 aliphatic carbocycles. The molecule has 0 aromatic carbocycles. The summed E-state index contributed by atoms with van der Waals surface area (Å²) in [6.45, 7) is 5.04. The van der Waals surface area contributed by atoms with E-state index in [1.54, 1.807) is 20.3 Å². The van der Waals surface area contributed by atoms with Gasteiger partial charge < -0.3 is 19.7 Å². The number of hydrogen-bond donors (Lipinski definition) is 1. The van der Waals surface area contributed by atoms with Crippen LogP contribution in [-0.4, -0.2) is 49.9 Å². The predicted molar refractivity (Wildman–Crippen MR) is 78.7 cm³/mol. The highest BCUT2D eigenvalue weighted by Crippen LogP contribution is 2.25. The van der Waals surface area contributed by atoms with Crippen molar-refractivity contribution < 1.29 is 9.47 Å². The monoisotopic (exact) mass is 280 g/mol. The minimum Gasteiger partial charge on any atom is -0.481 e. The van der Waals surface area contributed by atoms with Crippen LogP contribution in [0.1, 0.15) is 26.2 Å². The van der Waals surface area contributed by atoms with Gasteiger partial charge in [-0.25, -0.2) is 0 Å². The van der Waals surface area contributed by atoms with Crippen molar-refractivity contribution in [2.45, 2.75) is 32.2 Å². The average molecular weight is 280 g/mol. The molecule has 2 rings (SSSR count). The van der Waals surface area contributed by atoms with Crippen molar-refractivity contribution >= 4 is 5.95 Å². The summed E-state index contributed by atoms with van der Waals surface area (Å²) in [7, 11) is 3.22. The van der Waals surface area contributed by atoms with E-state index < -0.39 is 0 Å². The lowest BCUT2D eigenvalue weighted by Crippen LogP contribution is -2.46. The van der Waals surface area contributed by atoms with Gasteiger partial charge in [0.25, 0.3) is 0 Å². The molecule has 6 heteroatoms. The molecule has 0 bridgehead atoms. The lowest BCUT2D eigenvalue weighted by atomic mass is 10.0. The minimum atomic E-state index is 0.431. The molecule has 0 amide bonds. The van der Waals surface area contributed by atoms with E-state index in [0.29, 0.717) is 23.8 Å². The quantitative estimate of drug-likeness (QED) is 0.851. The Bertz CT molecular complexity index is 405. The van der Waals surface area contributed by atoms with Gasteiger partial charge in [-0.3, -0.25) is 0 Å². The first-order chi connectivity index (χ1) is 9.78. The fraction of sp³-hybridized carbons (Fsp3) is 0.714. The van der Waals surface area contributed by atoms with Crippen LogP contribution < -0.4 is 19.7 Å². The Labute approximate surface area is 120 Å². The van der Waals surface area contributed by atoms with E-state index in [4.69, 9.17) is 9.47 Å². The van der Waals surface area contributed by atoms with Gasteiger partial charge in [0, 0.05) is 19.1 Å². The molecule has 1 fully saturated rings. The summed E-state index contributed by atoms with van der Waals surface area (Å²) in [5.74, 6) is 1.78. The fourth-order valence-corrected chi connectivity index (χ4v) is 2.52. The standard InChI is InChI=1S/C14H24N4O2/c1-4-15-10-11-7-5-6-8-18(11)14-16-12(19-2)9-13(17-14)20-3/h9,11,15H,4-8,10H2,1-3H3. The molecule has 1 saturated heterocycles. The van der Waals surface area contributed by atoms with E-state index in [1.807, 2.05) is 0 Å². The average Bonchev–Trinajstić information content (AvgIpc) is 2.52. The Morgan fingerprint density at radius 2 is 1.95 bits per heavy atom. The third-order valence-corrected chi connectivity index (χ3v) is 3.60. The summed E-state index contributed by atoms with van der Waals surface area (Å²) in [5, 5.41) is 3.42. The molecule has 1 atom stereocenters. The first-order valence-corrected chi connectivity index (χ1v) is 7.23. The first kappa shape index (κ1) is 14.8. The maximum Gasteiger partial charge on any atom is 0.232 e. The maximum atomic E-state index is 5.23. The third kappa shape index (κ3) is 3.50. The van der Waals surface area contributed by atoms with Crippen molar-refractivity contribution in [2.24, 2.45) is 0 Å². The van der Waals surface area contributed by atoms with Crippen molar-refractivity contribution in [3.05, 3.63) is 6.07 Å². The van der Waals surface area contributed by atoms with Crippen molar-refractivity contribution in [1.29, 1.82) is 0 Å². The zero-order chi connectivity index (χ0) is 14.4. The Hall–Kier alpha value is -1.56. The van der Waals surface area contributed by atoms with Crippen LogP contribution in [0, 0.1) is 0 Å². The number of hydrogen-bond acceptors (Lipinski definition) is 6. The normalized spacial score (nSPS) is 18.9. The molecule has 1 aromatic rings. The highest BCUT2D eigenvalue weighted by atomic mass is 16.5. The van der Waals surface area contributed by atoms with Gasteiger partial charge in [0.05, 0.1) is 20.3 Å². The van der Waals surface area contributed by atoms with Crippen LogP contribution in [0.3, 0.4) is 0 Å². The van der Waals surface area contributed by atoms with Gasteiger partial charge in [-0.15, -0.1) is 0 Å². The van der Waals surface area contributed by atoms with Crippen LogP contribution in [-0.2, 0) is 0 Å². The maximum absolute atomic E-state index is 5.23. The molecule has 0 spiro atoms. The summed E-state index contributed by atoms with van der Waals surface area (Å²) < 4.78 is 10.5. The van der Waals surface area contributed by atoms with E-state index >= 15 is 0 Å². The molecule has 20 heavy (non-hydrogen) atoms. The molecule has 1 aromatic heterocycles. The van der Waals surface area contributed by atoms with Crippen LogP contribution in [0.5, 0.6) is 11.8 Å². The summed E-state index contributed by atoms with van der Waals surface area (Å²) in [6, 6.07) is 2.13.